The van der Waals surface area contributed by atoms with Crippen LogP contribution in [0.3, 0.4) is 0 Å². The summed E-state index contributed by atoms with van der Waals surface area (Å²) in [5, 5.41) is 4.39. The van der Waals surface area contributed by atoms with Crippen molar-refractivity contribution in [1.82, 2.24) is 25.2 Å². The number of carbonyl (C=O) groups is 1. The standard InChI is InChI=1S/C28H32Cl2N6O4/c1-38-27(37)18-39-23-2-6-35(7-3-23)17-19-10-25(20-12-21(29)14-22(30)13-20)34-26(11-19)40-24-15-32-28(33-16-24)36-8-4-31-5-9-36/h10-16,23,31H,2-9,17-18H2,1H3. The fraction of sp³-hybridized carbons (Fsp3) is 0.429. The van der Waals surface area contributed by atoms with Gasteiger partial charge in [0.05, 0.1) is 31.3 Å². The Hall–Kier alpha value is -3.02. The van der Waals surface area contributed by atoms with Crippen molar-refractivity contribution in [2.24, 2.45) is 0 Å². The number of benzene rings is 1. The van der Waals surface area contributed by atoms with Gasteiger partial charge in [0.25, 0.3) is 0 Å². The summed E-state index contributed by atoms with van der Waals surface area (Å²) in [6.07, 6.45) is 5.05. The molecule has 0 saturated carbocycles. The van der Waals surface area contributed by atoms with Crippen LogP contribution < -0.4 is 15.0 Å². The number of ether oxygens (including phenoxy) is 3. The van der Waals surface area contributed by atoms with Crippen LogP contribution in [-0.4, -0.2) is 84.9 Å². The molecule has 2 aliphatic rings. The third-order valence-corrected chi connectivity index (χ3v) is 7.30. The van der Waals surface area contributed by atoms with Crippen molar-refractivity contribution >= 4 is 35.1 Å². The number of methoxy groups -OCH3 is 1. The highest BCUT2D eigenvalue weighted by Crippen LogP contribution is 2.30. The van der Waals surface area contributed by atoms with E-state index >= 15 is 0 Å². The van der Waals surface area contributed by atoms with Crippen molar-refractivity contribution in [2.45, 2.75) is 25.5 Å². The summed E-state index contributed by atoms with van der Waals surface area (Å²) in [5.41, 5.74) is 2.53. The number of piperidine rings is 1. The molecule has 0 unspecified atom stereocenters. The zero-order valence-electron chi connectivity index (χ0n) is 22.3. The molecule has 212 valence electrons. The Balaban J connectivity index is 1.31. The summed E-state index contributed by atoms with van der Waals surface area (Å²) in [6, 6.07) is 9.31. The van der Waals surface area contributed by atoms with Crippen LogP contribution in [0.4, 0.5) is 5.95 Å². The number of nitrogens with one attached hydrogen (secondary N) is 1. The van der Waals surface area contributed by atoms with Crippen LogP contribution in [0.1, 0.15) is 18.4 Å². The van der Waals surface area contributed by atoms with Gasteiger partial charge in [-0.05, 0) is 42.7 Å². The molecule has 4 heterocycles. The quantitative estimate of drug-likeness (QED) is 0.367. The fourth-order valence-electron chi connectivity index (χ4n) is 4.80. The molecular formula is C28H32Cl2N6O4. The second-order valence-corrected chi connectivity index (χ2v) is 10.7. The molecule has 12 heteroatoms. The largest absolute Gasteiger partial charge is 0.467 e. The number of esters is 1. The second kappa shape index (κ2) is 13.6. The van der Waals surface area contributed by atoms with Gasteiger partial charge >= 0.3 is 5.97 Å². The summed E-state index contributed by atoms with van der Waals surface area (Å²) in [4.78, 5) is 29.7. The van der Waals surface area contributed by atoms with E-state index in [1.807, 2.05) is 24.3 Å². The van der Waals surface area contributed by atoms with Gasteiger partial charge in [-0.3, -0.25) is 4.90 Å². The zero-order chi connectivity index (χ0) is 27.9. The van der Waals surface area contributed by atoms with Crippen molar-refractivity contribution in [3.8, 4) is 22.9 Å². The fourth-order valence-corrected chi connectivity index (χ4v) is 5.33. The van der Waals surface area contributed by atoms with Crippen molar-refractivity contribution in [1.29, 1.82) is 0 Å². The highest BCUT2D eigenvalue weighted by atomic mass is 35.5. The number of likely N-dealkylation sites (tertiary alicyclic amines) is 1. The lowest BCUT2D eigenvalue weighted by atomic mass is 10.1. The van der Waals surface area contributed by atoms with Crippen LogP contribution in [-0.2, 0) is 20.8 Å². The number of hydrogen-bond acceptors (Lipinski definition) is 10. The Labute approximate surface area is 243 Å². The Kier molecular flexibility index (Phi) is 9.66. The SMILES string of the molecule is COC(=O)COC1CCN(Cc2cc(Oc3cnc(N4CCNCC4)nc3)nc(-c3cc(Cl)cc(Cl)c3)c2)CC1. The number of carbonyl (C=O) groups excluding carboxylic acids is 1. The van der Waals surface area contributed by atoms with Gasteiger partial charge in [0.1, 0.15) is 6.61 Å². The van der Waals surface area contributed by atoms with E-state index in [1.54, 1.807) is 18.5 Å². The Morgan fingerprint density at radius 3 is 2.38 bits per heavy atom. The lowest BCUT2D eigenvalue weighted by molar-refractivity contribution is -0.149. The molecule has 0 atom stereocenters. The van der Waals surface area contributed by atoms with Crippen molar-refractivity contribution in [3.05, 3.63) is 58.3 Å². The summed E-state index contributed by atoms with van der Waals surface area (Å²) in [6.45, 7) is 5.90. The number of aromatic nitrogens is 3. The Morgan fingerprint density at radius 2 is 1.70 bits per heavy atom. The average molecular weight is 588 g/mol. The number of piperazine rings is 1. The van der Waals surface area contributed by atoms with Gasteiger partial charge in [0.2, 0.25) is 11.8 Å². The molecule has 2 saturated heterocycles. The van der Waals surface area contributed by atoms with E-state index in [-0.39, 0.29) is 18.7 Å². The zero-order valence-corrected chi connectivity index (χ0v) is 23.8. The summed E-state index contributed by atoms with van der Waals surface area (Å²) >= 11 is 12.6. The molecule has 0 radical (unpaired) electrons. The molecule has 0 amide bonds. The van der Waals surface area contributed by atoms with E-state index in [2.05, 4.69) is 29.8 Å². The molecule has 5 rings (SSSR count). The molecule has 0 bridgehead atoms. The minimum Gasteiger partial charge on any atom is -0.467 e. The molecule has 3 aromatic rings. The normalized spacial score (nSPS) is 16.6. The van der Waals surface area contributed by atoms with Gasteiger partial charge < -0.3 is 24.4 Å². The van der Waals surface area contributed by atoms with E-state index in [9.17, 15) is 4.79 Å². The third-order valence-electron chi connectivity index (χ3n) is 6.86. The molecule has 40 heavy (non-hydrogen) atoms. The van der Waals surface area contributed by atoms with Gasteiger partial charge in [0, 0.05) is 67.5 Å². The smallest absolute Gasteiger partial charge is 0.331 e. The molecule has 1 N–H and O–H groups in total. The van der Waals surface area contributed by atoms with E-state index < -0.39 is 0 Å². The lowest BCUT2D eigenvalue weighted by Gasteiger charge is -2.31. The highest BCUT2D eigenvalue weighted by Gasteiger charge is 2.22. The highest BCUT2D eigenvalue weighted by molar-refractivity contribution is 6.35. The van der Waals surface area contributed by atoms with E-state index in [4.69, 9.17) is 37.7 Å². The van der Waals surface area contributed by atoms with Crippen LogP contribution in [0, 0.1) is 0 Å². The average Bonchev–Trinajstić information content (AvgIpc) is 2.97. The van der Waals surface area contributed by atoms with Crippen LogP contribution in [0.25, 0.3) is 11.3 Å². The van der Waals surface area contributed by atoms with Crippen molar-refractivity contribution < 1.29 is 19.0 Å². The first-order valence-corrected chi connectivity index (χ1v) is 14.0. The van der Waals surface area contributed by atoms with E-state index in [0.717, 1.165) is 63.2 Å². The van der Waals surface area contributed by atoms with Crippen LogP contribution in [0.2, 0.25) is 10.0 Å². The molecular weight excluding hydrogens is 555 g/mol. The van der Waals surface area contributed by atoms with Crippen LogP contribution >= 0.6 is 23.2 Å². The molecule has 2 aromatic heterocycles. The van der Waals surface area contributed by atoms with Crippen molar-refractivity contribution in [3.63, 3.8) is 0 Å². The maximum absolute atomic E-state index is 11.4. The Bertz CT molecular complexity index is 1280. The van der Waals surface area contributed by atoms with E-state index in [0.29, 0.717) is 39.9 Å². The molecule has 1 aromatic carbocycles. The molecule has 10 nitrogen and oxygen atoms in total. The molecule has 0 aliphatic carbocycles. The first-order valence-electron chi connectivity index (χ1n) is 13.3. The minimum atomic E-state index is -0.357. The van der Waals surface area contributed by atoms with Gasteiger partial charge in [-0.2, -0.15) is 0 Å². The number of nitrogens with zero attached hydrogens (tertiary/aromatic N) is 5. The predicted octanol–water partition coefficient (Wildman–Crippen LogP) is 4.20. The molecule has 0 spiro atoms. The van der Waals surface area contributed by atoms with Gasteiger partial charge in [-0.15, -0.1) is 0 Å². The first kappa shape index (κ1) is 28.5. The number of anilines is 1. The monoisotopic (exact) mass is 586 g/mol. The number of pyridine rings is 1. The second-order valence-electron chi connectivity index (χ2n) is 9.78. The first-order chi connectivity index (χ1) is 19.4. The lowest BCUT2D eigenvalue weighted by Crippen LogP contribution is -2.44. The summed E-state index contributed by atoms with van der Waals surface area (Å²) in [7, 11) is 1.36. The van der Waals surface area contributed by atoms with Gasteiger partial charge in [0.15, 0.2) is 5.75 Å². The van der Waals surface area contributed by atoms with Crippen LogP contribution in [0.5, 0.6) is 11.6 Å². The van der Waals surface area contributed by atoms with E-state index in [1.165, 1.54) is 7.11 Å². The summed E-state index contributed by atoms with van der Waals surface area (Å²) in [5.74, 6) is 1.26. The maximum Gasteiger partial charge on any atom is 0.331 e. The molecule has 2 fully saturated rings. The van der Waals surface area contributed by atoms with Crippen molar-refractivity contribution in [2.75, 3.05) is 57.9 Å². The predicted molar refractivity (Wildman–Crippen MR) is 153 cm³/mol. The summed E-state index contributed by atoms with van der Waals surface area (Å²) < 4.78 is 16.5. The number of rotatable bonds is 9. The number of hydrogen-bond donors (Lipinski definition) is 1. The Morgan fingerprint density at radius 1 is 1.00 bits per heavy atom. The van der Waals surface area contributed by atoms with Gasteiger partial charge in [-0.1, -0.05) is 23.2 Å². The van der Waals surface area contributed by atoms with Crippen LogP contribution in [0.15, 0.2) is 42.7 Å². The van der Waals surface area contributed by atoms with Gasteiger partial charge in [-0.25, -0.2) is 19.7 Å². The maximum atomic E-state index is 11.4. The molecule has 2 aliphatic heterocycles. The number of halogens is 2. The minimum absolute atomic E-state index is 0.0162. The third kappa shape index (κ3) is 7.80. The topological polar surface area (TPSA) is 102 Å².